The number of anilines is 1. The average Bonchev–Trinajstić information content (AvgIpc) is 2.90. The second-order valence-electron chi connectivity index (χ2n) is 8.62. The molecule has 0 bridgehead atoms. The van der Waals surface area contributed by atoms with Crippen LogP contribution in [0.2, 0.25) is 10.0 Å². The molecule has 6 nitrogen and oxygen atoms in total. The Morgan fingerprint density at radius 3 is 1.95 bits per heavy atom. The van der Waals surface area contributed by atoms with E-state index in [1.807, 2.05) is 60.7 Å². The molecule has 0 aliphatic heterocycles. The molecule has 196 valence electrons. The SMILES string of the molecule is COc1ccc(C)cc1S(=O)(=O)N(CC(=O)NC(c1ccccc1)c1ccccc1)c1cc(Cl)cc(Cl)c1. The molecule has 0 aliphatic carbocycles. The van der Waals surface area contributed by atoms with Gasteiger partial charge in [0, 0.05) is 10.0 Å². The van der Waals surface area contributed by atoms with Gasteiger partial charge >= 0.3 is 0 Å². The first kappa shape index (κ1) is 27.5. The molecule has 0 saturated carbocycles. The fourth-order valence-corrected chi connectivity index (χ4v) is 6.25. The molecular weight excluding hydrogens is 543 g/mol. The van der Waals surface area contributed by atoms with Gasteiger partial charge in [0.1, 0.15) is 17.2 Å². The van der Waals surface area contributed by atoms with Crippen LogP contribution in [-0.4, -0.2) is 28.0 Å². The summed E-state index contributed by atoms with van der Waals surface area (Å²) in [4.78, 5) is 13.5. The number of rotatable bonds is 9. The lowest BCUT2D eigenvalue weighted by molar-refractivity contribution is -0.120. The highest BCUT2D eigenvalue weighted by molar-refractivity contribution is 7.93. The summed E-state index contributed by atoms with van der Waals surface area (Å²) in [7, 11) is -2.89. The van der Waals surface area contributed by atoms with Gasteiger partial charge in [-0.2, -0.15) is 0 Å². The molecule has 38 heavy (non-hydrogen) atoms. The number of hydrogen-bond donors (Lipinski definition) is 1. The van der Waals surface area contributed by atoms with Gasteiger partial charge in [-0.1, -0.05) is 89.9 Å². The van der Waals surface area contributed by atoms with E-state index in [1.165, 1.54) is 31.4 Å². The first-order valence-electron chi connectivity index (χ1n) is 11.7. The molecule has 4 aromatic carbocycles. The Balaban J connectivity index is 1.76. The molecule has 4 aromatic rings. The van der Waals surface area contributed by atoms with Gasteiger partial charge in [-0.05, 0) is 53.9 Å². The topological polar surface area (TPSA) is 75.7 Å². The van der Waals surface area contributed by atoms with Gasteiger partial charge in [0.15, 0.2) is 0 Å². The van der Waals surface area contributed by atoms with Crippen molar-refractivity contribution < 1.29 is 17.9 Å². The number of sulfonamides is 1. The summed E-state index contributed by atoms with van der Waals surface area (Å²) in [5, 5.41) is 3.46. The first-order valence-corrected chi connectivity index (χ1v) is 13.9. The second-order valence-corrected chi connectivity index (χ2v) is 11.3. The molecule has 0 saturated heterocycles. The minimum atomic E-state index is -4.28. The Kier molecular flexibility index (Phi) is 8.62. The Morgan fingerprint density at radius 1 is 0.868 bits per heavy atom. The smallest absolute Gasteiger partial charge is 0.268 e. The Hall–Kier alpha value is -3.52. The molecule has 0 atom stereocenters. The Labute approximate surface area is 232 Å². The number of carbonyl (C=O) groups excluding carboxylic acids is 1. The number of nitrogens with one attached hydrogen (secondary N) is 1. The summed E-state index contributed by atoms with van der Waals surface area (Å²) in [6.45, 7) is 1.25. The largest absolute Gasteiger partial charge is 0.495 e. The van der Waals surface area contributed by atoms with E-state index >= 15 is 0 Å². The van der Waals surface area contributed by atoms with E-state index in [9.17, 15) is 13.2 Å². The number of nitrogens with zero attached hydrogens (tertiary/aromatic N) is 1. The number of aryl methyl sites for hydroxylation is 1. The molecule has 0 aromatic heterocycles. The van der Waals surface area contributed by atoms with E-state index in [4.69, 9.17) is 27.9 Å². The van der Waals surface area contributed by atoms with Crippen LogP contribution in [0.4, 0.5) is 5.69 Å². The monoisotopic (exact) mass is 568 g/mol. The van der Waals surface area contributed by atoms with Crippen LogP contribution in [0.15, 0.2) is 102 Å². The van der Waals surface area contributed by atoms with Crippen molar-refractivity contribution in [2.24, 2.45) is 0 Å². The van der Waals surface area contributed by atoms with Crippen molar-refractivity contribution >= 4 is 44.8 Å². The highest BCUT2D eigenvalue weighted by atomic mass is 35.5. The highest BCUT2D eigenvalue weighted by Crippen LogP contribution is 2.33. The summed E-state index contributed by atoms with van der Waals surface area (Å²) in [5.41, 5.74) is 2.57. The van der Waals surface area contributed by atoms with Crippen molar-refractivity contribution in [2.45, 2.75) is 17.9 Å². The van der Waals surface area contributed by atoms with Crippen LogP contribution in [0.1, 0.15) is 22.7 Å². The van der Waals surface area contributed by atoms with Gasteiger partial charge in [-0.15, -0.1) is 0 Å². The van der Waals surface area contributed by atoms with Gasteiger partial charge in [0.2, 0.25) is 5.91 Å². The lowest BCUT2D eigenvalue weighted by atomic mass is 9.99. The Morgan fingerprint density at radius 2 is 1.42 bits per heavy atom. The molecule has 9 heteroatoms. The lowest BCUT2D eigenvalue weighted by Crippen LogP contribution is -2.42. The molecular formula is C29H26Cl2N2O4S. The van der Waals surface area contributed by atoms with E-state index in [0.29, 0.717) is 5.56 Å². The van der Waals surface area contributed by atoms with E-state index in [1.54, 1.807) is 19.1 Å². The number of ether oxygens (including phenoxy) is 1. The van der Waals surface area contributed by atoms with Crippen molar-refractivity contribution in [1.82, 2.24) is 5.32 Å². The number of carbonyl (C=O) groups is 1. The van der Waals surface area contributed by atoms with Gasteiger partial charge in [-0.25, -0.2) is 8.42 Å². The normalized spacial score (nSPS) is 11.3. The number of halogens is 2. The van der Waals surface area contributed by atoms with Crippen molar-refractivity contribution in [3.05, 3.63) is 124 Å². The zero-order valence-electron chi connectivity index (χ0n) is 20.8. The number of methoxy groups -OCH3 is 1. The predicted octanol–water partition coefficient (Wildman–Crippen LogP) is 6.41. The molecule has 0 fully saturated rings. The zero-order valence-corrected chi connectivity index (χ0v) is 23.1. The van der Waals surface area contributed by atoms with Crippen LogP contribution in [0, 0.1) is 6.92 Å². The second kappa shape index (κ2) is 11.9. The molecule has 0 heterocycles. The molecule has 0 unspecified atom stereocenters. The summed E-state index contributed by atoms with van der Waals surface area (Å²) in [6, 6.07) is 27.6. The third-order valence-electron chi connectivity index (χ3n) is 5.88. The van der Waals surface area contributed by atoms with E-state index < -0.39 is 28.5 Å². The van der Waals surface area contributed by atoms with Crippen LogP contribution < -0.4 is 14.4 Å². The number of benzene rings is 4. The summed E-state index contributed by atoms with van der Waals surface area (Å²) >= 11 is 12.4. The minimum absolute atomic E-state index is 0.0773. The maximum atomic E-state index is 14.0. The van der Waals surface area contributed by atoms with Gasteiger partial charge in [-0.3, -0.25) is 9.10 Å². The first-order chi connectivity index (χ1) is 18.2. The van der Waals surface area contributed by atoms with Crippen molar-refractivity contribution in [2.75, 3.05) is 18.0 Å². The zero-order chi connectivity index (χ0) is 27.3. The van der Waals surface area contributed by atoms with Crippen molar-refractivity contribution in [1.29, 1.82) is 0 Å². The Bertz CT molecular complexity index is 1470. The fraction of sp³-hybridized carbons (Fsp3) is 0.138. The molecule has 0 radical (unpaired) electrons. The maximum Gasteiger partial charge on any atom is 0.268 e. The highest BCUT2D eigenvalue weighted by Gasteiger charge is 2.31. The van der Waals surface area contributed by atoms with Gasteiger partial charge < -0.3 is 10.1 Å². The van der Waals surface area contributed by atoms with Gasteiger partial charge in [0.25, 0.3) is 10.0 Å². The number of hydrogen-bond acceptors (Lipinski definition) is 4. The summed E-state index contributed by atoms with van der Waals surface area (Å²) < 4.78 is 34.4. The third-order valence-corrected chi connectivity index (χ3v) is 8.11. The van der Waals surface area contributed by atoms with E-state index in [2.05, 4.69) is 5.32 Å². The molecule has 0 aliphatic rings. The lowest BCUT2D eigenvalue weighted by Gasteiger charge is -2.27. The maximum absolute atomic E-state index is 14.0. The average molecular weight is 570 g/mol. The van der Waals surface area contributed by atoms with Crippen LogP contribution >= 0.6 is 23.2 Å². The molecule has 1 N–H and O–H groups in total. The fourth-order valence-electron chi connectivity index (χ4n) is 4.09. The van der Waals surface area contributed by atoms with E-state index in [0.717, 1.165) is 15.4 Å². The van der Waals surface area contributed by atoms with E-state index in [-0.39, 0.29) is 26.4 Å². The van der Waals surface area contributed by atoms with Crippen molar-refractivity contribution in [3.8, 4) is 5.75 Å². The minimum Gasteiger partial charge on any atom is -0.495 e. The summed E-state index contributed by atoms with van der Waals surface area (Å²) in [6.07, 6.45) is 0. The molecule has 0 spiro atoms. The van der Waals surface area contributed by atoms with Crippen LogP contribution in [0.25, 0.3) is 0 Å². The van der Waals surface area contributed by atoms with Crippen LogP contribution in [0.5, 0.6) is 5.75 Å². The predicted molar refractivity (Wildman–Crippen MR) is 152 cm³/mol. The van der Waals surface area contributed by atoms with Crippen LogP contribution in [-0.2, 0) is 14.8 Å². The van der Waals surface area contributed by atoms with Gasteiger partial charge in [0.05, 0.1) is 18.8 Å². The van der Waals surface area contributed by atoms with Crippen LogP contribution in [0.3, 0.4) is 0 Å². The molecule has 1 amide bonds. The molecule has 4 rings (SSSR count). The number of amides is 1. The summed E-state index contributed by atoms with van der Waals surface area (Å²) in [5.74, 6) is -0.366. The standard InChI is InChI=1S/C29H26Cl2N2O4S/c1-20-13-14-26(37-2)27(15-20)38(35,36)33(25-17-23(30)16-24(31)18-25)19-28(34)32-29(21-9-5-3-6-10-21)22-11-7-4-8-12-22/h3-18,29H,19H2,1-2H3,(H,32,34). The third kappa shape index (κ3) is 6.30. The quantitative estimate of drug-likeness (QED) is 0.253. The van der Waals surface area contributed by atoms with Crippen molar-refractivity contribution in [3.63, 3.8) is 0 Å².